The van der Waals surface area contributed by atoms with E-state index >= 15 is 0 Å². The van der Waals surface area contributed by atoms with Crippen LogP contribution in [-0.4, -0.2) is 35.3 Å². The largest absolute Gasteiger partial charge is 0.451 e. The zero-order chi connectivity index (χ0) is 24.3. The molecule has 2 aromatic carbocycles. The molecule has 0 aliphatic carbocycles. The lowest BCUT2D eigenvalue weighted by Crippen LogP contribution is -2.46. The number of nitrogens with zero attached hydrogens (tertiary/aromatic N) is 1. The summed E-state index contributed by atoms with van der Waals surface area (Å²) in [6, 6.07) is 18.8. The molecule has 2 amide bonds. The van der Waals surface area contributed by atoms with Gasteiger partial charge in [-0.1, -0.05) is 72.7 Å². The number of rotatable bonds is 10. The number of anilines is 1. The number of esters is 1. The number of carbonyl (C=O) groups excluding carboxylic acids is 3. The average Bonchev–Trinajstić information content (AvgIpc) is 3.26. The molecule has 3 rings (SSSR count). The molecule has 0 saturated heterocycles. The van der Waals surface area contributed by atoms with Crippen LogP contribution in [0.1, 0.15) is 30.2 Å². The molecule has 9 nitrogen and oxygen atoms in total. The van der Waals surface area contributed by atoms with Crippen LogP contribution in [0.2, 0.25) is 0 Å². The fourth-order valence-corrected chi connectivity index (χ4v) is 3.13. The Kier molecular flexibility index (Phi) is 8.79. The van der Waals surface area contributed by atoms with Crippen molar-refractivity contribution in [1.29, 1.82) is 0 Å². The summed E-state index contributed by atoms with van der Waals surface area (Å²) in [6.07, 6.45) is -1.45. The molecular weight excluding hydrogens is 438 g/mol. The maximum Gasteiger partial charge on any atom is 0.408 e. The normalized spacial score (nSPS) is 12.3. The lowest BCUT2D eigenvalue weighted by atomic mass is 10.1. The van der Waals surface area contributed by atoms with Gasteiger partial charge in [-0.05, 0) is 24.5 Å². The Bertz CT molecular complexity index is 1080. The topological polar surface area (TPSA) is 120 Å². The van der Waals surface area contributed by atoms with E-state index in [0.29, 0.717) is 5.76 Å². The fraction of sp³-hybridized carbons (Fsp3) is 0.280. The molecule has 3 aromatic rings. The molecule has 0 fully saturated rings. The maximum atomic E-state index is 13.0. The summed E-state index contributed by atoms with van der Waals surface area (Å²) in [5.41, 5.74) is 1.62. The van der Waals surface area contributed by atoms with Gasteiger partial charge in [0.1, 0.15) is 18.4 Å². The molecule has 1 aromatic heterocycles. The molecule has 0 aliphatic heterocycles. The van der Waals surface area contributed by atoms with Gasteiger partial charge in [-0.25, -0.2) is 9.59 Å². The first kappa shape index (κ1) is 24.5. The molecule has 9 heteroatoms. The lowest BCUT2D eigenvalue weighted by molar-refractivity contribution is -0.156. The summed E-state index contributed by atoms with van der Waals surface area (Å²) in [4.78, 5) is 38.0. The van der Waals surface area contributed by atoms with Gasteiger partial charge in [0.2, 0.25) is 0 Å². The highest BCUT2D eigenvalue weighted by molar-refractivity contribution is 5.95. The van der Waals surface area contributed by atoms with Crippen molar-refractivity contribution in [3.05, 3.63) is 83.6 Å². The molecule has 0 spiro atoms. The summed E-state index contributed by atoms with van der Waals surface area (Å²) in [5, 5.41) is 8.82. The van der Waals surface area contributed by atoms with Gasteiger partial charge < -0.3 is 24.6 Å². The van der Waals surface area contributed by atoms with Gasteiger partial charge in [0, 0.05) is 12.5 Å². The number of alkyl carbamates (subject to hydrolysis) is 1. The molecule has 34 heavy (non-hydrogen) atoms. The van der Waals surface area contributed by atoms with Gasteiger partial charge in [0.15, 0.2) is 11.9 Å². The highest BCUT2D eigenvalue weighted by Crippen LogP contribution is 2.12. The summed E-state index contributed by atoms with van der Waals surface area (Å²) in [6.45, 7) is 3.45. The zero-order valence-electron chi connectivity index (χ0n) is 19.0. The number of ether oxygens (including phenoxy) is 2. The van der Waals surface area contributed by atoms with E-state index in [1.165, 1.54) is 0 Å². The van der Waals surface area contributed by atoms with Crippen molar-refractivity contribution in [3.63, 3.8) is 0 Å². The highest BCUT2D eigenvalue weighted by atomic mass is 16.6. The smallest absolute Gasteiger partial charge is 0.408 e. The number of hydrogen-bond donors (Lipinski definition) is 2. The van der Waals surface area contributed by atoms with Crippen LogP contribution < -0.4 is 10.6 Å². The Labute approximate surface area is 197 Å². The van der Waals surface area contributed by atoms with Crippen LogP contribution in [0.25, 0.3) is 0 Å². The van der Waals surface area contributed by atoms with E-state index in [2.05, 4.69) is 15.8 Å². The van der Waals surface area contributed by atoms with Crippen LogP contribution in [0.3, 0.4) is 0 Å². The monoisotopic (exact) mass is 465 g/mol. The lowest BCUT2D eigenvalue weighted by Gasteiger charge is -2.21. The van der Waals surface area contributed by atoms with Crippen LogP contribution >= 0.6 is 0 Å². The fourth-order valence-electron chi connectivity index (χ4n) is 3.13. The van der Waals surface area contributed by atoms with Crippen molar-refractivity contribution in [2.24, 2.45) is 0 Å². The van der Waals surface area contributed by atoms with Crippen molar-refractivity contribution in [1.82, 2.24) is 10.5 Å². The third-order valence-electron chi connectivity index (χ3n) is 4.87. The molecule has 0 saturated carbocycles. The van der Waals surface area contributed by atoms with Crippen molar-refractivity contribution >= 4 is 23.8 Å². The van der Waals surface area contributed by atoms with Gasteiger partial charge in [-0.3, -0.25) is 4.79 Å². The summed E-state index contributed by atoms with van der Waals surface area (Å²) < 4.78 is 15.6. The predicted octanol–water partition coefficient (Wildman–Crippen LogP) is 3.78. The highest BCUT2D eigenvalue weighted by Gasteiger charge is 2.29. The Morgan fingerprint density at radius 1 is 1.00 bits per heavy atom. The van der Waals surface area contributed by atoms with E-state index in [1.807, 2.05) is 60.7 Å². The van der Waals surface area contributed by atoms with Crippen molar-refractivity contribution in [3.8, 4) is 0 Å². The number of aromatic nitrogens is 1. The van der Waals surface area contributed by atoms with Crippen LogP contribution in [0.5, 0.6) is 0 Å². The first-order valence-corrected chi connectivity index (χ1v) is 10.9. The molecule has 0 bridgehead atoms. The maximum absolute atomic E-state index is 13.0. The van der Waals surface area contributed by atoms with Crippen LogP contribution in [-0.2, 0) is 32.1 Å². The van der Waals surface area contributed by atoms with E-state index in [9.17, 15) is 14.4 Å². The van der Waals surface area contributed by atoms with Crippen molar-refractivity contribution in [2.45, 2.75) is 45.4 Å². The first-order chi connectivity index (χ1) is 16.4. The van der Waals surface area contributed by atoms with E-state index in [1.54, 1.807) is 19.9 Å². The van der Waals surface area contributed by atoms with Gasteiger partial charge in [0.25, 0.3) is 5.91 Å². The molecule has 178 valence electrons. The van der Waals surface area contributed by atoms with Gasteiger partial charge in [0.05, 0.1) is 0 Å². The quantitative estimate of drug-likeness (QED) is 0.437. The number of nitrogens with one attached hydrogen (secondary N) is 2. The summed E-state index contributed by atoms with van der Waals surface area (Å²) in [7, 11) is 0. The third kappa shape index (κ3) is 7.47. The number of carbonyl (C=O) groups is 3. The second-order valence-corrected chi connectivity index (χ2v) is 7.59. The minimum atomic E-state index is -1.08. The Morgan fingerprint density at radius 2 is 1.65 bits per heavy atom. The SMILES string of the molecule is CCC(OC(=O)[C@H](Cc1ccccc1)NC(=O)OCc1ccccc1)C(=O)Nc1cc(C)on1. The number of amides is 2. The molecule has 2 N–H and O–H groups in total. The van der Waals surface area contributed by atoms with E-state index < -0.39 is 30.1 Å². The molecular formula is C25H27N3O6. The Hall–Kier alpha value is -4.14. The van der Waals surface area contributed by atoms with Crippen LogP contribution in [0, 0.1) is 6.92 Å². The Balaban J connectivity index is 1.64. The molecule has 1 heterocycles. The van der Waals surface area contributed by atoms with Crippen LogP contribution in [0.4, 0.5) is 10.6 Å². The third-order valence-corrected chi connectivity index (χ3v) is 4.87. The standard InChI is InChI=1S/C25H27N3O6/c1-3-21(23(29)27-22-14-17(2)34-28-22)33-24(30)20(15-18-10-6-4-7-11-18)26-25(31)32-16-19-12-8-5-9-13-19/h4-14,20-21H,3,15-16H2,1-2H3,(H,26,31)(H,27,28,29)/t20-,21?/m0/s1. The summed E-state index contributed by atoms with van der Waals surface area (Å²) in [5.74, 6) is -0.546. The van der Waals surface area contributed by atoms with Crippen LogP contribution in [0.15, 0.2) is 71.3 Å². The minimum absolute atomic E-state index is 0.0525. The molecule has 0 aliphatic rings. The summed E-state index contributed by atoms with van der Waals surface area (Å²) >= 11 is 0. The second kappa shape index (κ2) is 12.2. The second-order valence-electron chi connectivity index (χ2n) is 7.59. The average molecular weight is 466 g/mol. The number of hydrogen-bond acceptors (Lipinski definition) is 7. The molecule has 1 unspecified atom stereocenters. The molecule has 0 radical (unpaired) electrons. The zero-order valence-corrected chi connectivity index (χ0v) is 19.0. The Morgan fingerprint density at radius 3 is 2.24 bits per heavy atom. The number of benzene rings is 2. The number of aryl methyl sites for hydroxylation is 1. The van der Waals surface area contributed by atoms with Crippen molar-refractivity contribution in [2.75, 3.05) is 5.32 Å². The van der Waals surface area contributed by atoms with E-state index in [-0.39, 0.29) is 25.3 Å². The first-order valence-electron chi connectivity index (χ1n) is 10.9. The van der Waals surface area contributed by atoms with Gasteiger partial charge in [-0.2, -0.15) is 0 Å². The van der Waals surface area contributed by atoms with E-state index in [0.717, 1.165) is 11.1 Å². The minimum Gasteiger partial charge on any atom is -0.451 e. The van der Waals surface area contributed by atoms with Crippen molar-refractivity contribution < 1.29 is 28.4 Å². The van der Waals surface area contributed by atoms with Gasteiger partial charge >= 0.3 is 12.1 Å². The van der Waals surface area contributed by atoms with E-state index in [4.69, 9.17) is 14.0 Å². The predicted molar refractivity (Wildman–Crippen MR) is 124 cm³/mol. The molecule has 2 atom stereocenters. The van der Waals surface area contributed by atoms with Gasteiger partial charge in [-0.15, -0.1) is 0 Å².